The molecule has 1 fully saturated rings. The van der Waals surface area contributed by atoms with Crippen LogP contribution in [0.4, 0.5) is 5.69 Å². The van der Waals surface area contributed by atoms with E-state index >= 15 is 0 Å². The Morgan fingerprint density at radius 2 is 1.67 bits per heavy atom. The number of hydrogen-bond acceptors (Lipinski definition) is 4. The molecule has 0 saturated carbocycles. The molecular formula is C22H26N2O3. The van der Waals surface area contributed by atoms with E-state index in [1.807, 2.05) is 37.3 Å². The maximum atomic E-state index is 12.7. The van der Waals surface area contributed by atoms with Gasteiger partial charge in [-0.15, -0.1) is 0 Å². The van der Waals surface area contributed by atoms with Crippen LogP contribution in [0, 0.1) is 6.92 Å². The number of benzene rings is 2. The monoisotopic (exact) mass is 366 g/mol. The molecule has 0 radical (unpaired) electrons. The minimum absolute atomic E-state index is 0.0592. The molecule has 0 aromatic heterocycles. The van der Waals surface area contributed by atoms with Crippen molar-refractivity contribution in [1.82, 2.24) is 4.90 Å². The molecule has 27 heavy (non-hydrogen) atoms. The number of para-hydroxylation sites is 1. The molecule has 0 spiro atoms. The van der Waals surface area contributed by atoms with Gasteiger partial charge in [-0.3, -0.25) is 14.5 Å². The Hall–Kier alpha value is -2.50. The summed E-state index contributed by atoms with van der Waals surface area (Å²) < 4.78 is 5.35. The van der Waals surface area contributed by atoms with Crippen molar-refractivity contribution in [2.75, 3.05) is 38.2 Å². The standard InChI is InChI=1S/C22H26N2O3/c1-17-7-2-3-8-18(17)22(26)23-20-10-5-4-9-19(20)21(25)11-6-12-24-13-15-27-16-14-24/h2-5,7-10H,6,11-16H2,1H3,(H,23,26). The van der Waals surface area contributed by atoms with E-state index in [1.165, 1.54) is 0 Å². The molecule has 3 rings (SSSR count). The summed E-state index contributed by atoms with van der Waals surface area (Å²) in [4.78, 5) is 27.6. The van der Waals surface area contributed by atoms with Crippen molar-refractivity contribution >= 4 is 17.4 Å². The fraction of sp³-hybridized carbons (Fsp3) is 0.364. The van der Waals surface area contributed by atoms with Crippen molar-refractivity contribution in [1.29, 1.82) is 0 Å². The molecule has 142 valence electrons. The van der Waals surface area contributed by atoms with Crippen LogP contribution in [-0.2, 0) is 4.74 Å². The largest absolute Gasteiger partial charge is 0.379 e. The van der Waals surface area contributed by atoms with Gasteiger partial charge in [-0.2, -0.15) is 0 Å². The summed E-state index contributed by atoms with van der Waals surface area (Å²) in [5.74, 6) is -0.134. The third-order valence-electron chi connectivity index (χ3n) is 4.85. The first kappa shape index (κ1) is 19.3. The Morgan fingerprint density at radius 3 is 2.41 bits per heavy atom. The van der Waals surface area contributed by atoms with Crippen LogP contribution in [0.15, 0.2) is 48.5 Å². The second kappa shape index (κ2) is 9.44. The SMILES string of the molecule is Cc1ccccc1C(=O)Nc1ccccc1C(=O)CCCN1CCOCC1. The second-order valence-corrected chi connectivity index (χ2v) is 6.80. The number of rotatable bonds is 7. The van der Waals surface area contributed by atoms with Crippen molar-refractivity contribution in [2.24, 2.45) is 0 Å². The quantitative estimate of drug-likeness (QED) is 0.762. The van der Waals surface area contributed by atoms with E-state index in [0.717, 1.165) is 44.8 Å². The fourth-order valence-electron chi connectivity index (χ4n) is 3.28. The highest BCUT2D eigenvalue weighted by Crippen LogP contribution is 2.20. The lowest BCUT2D eigenvalue weighted by molar-refractivity contribution is 0.0371. The first-order valence-corrected chi connectivity index (χ1v) is 9.44. The van der Waals surface area contributed by atoms with Gasteiger partial charge in [0, 0.05) is 30.6 Å². The van der Waals surface area contributed by atoms with Crippen LogP contribution in [0.5, 0.6) is 0 Å². The zero-order valence-corrected chi connectivity index (χ0v) is 15.7. The summed E-state index contributed by atoms with van der Waals surface area (Å²) in [6.45, 7) is 6.18. The highest BCUT2D eigenvalue weighted by atomic mass is 16.5. The van der Waals surface area contributed by atoms with Crippen LogP contribution >= 0.6 is 0 Å². The number of anilines is 1. The lowest BCUT2D eigenvalue weighted by atomic mass is 10.0. The number of nitrogens with zero attached hydrogens (tertiary/aromatic N) is 1. The van der Waals surface area contributed by atoms with Crippen molar-refractivity contribution in [3.8, 4) is 0 Å². The number of carbonyl (C=O) groups is 2. The third kappa shape index (κ3) is 5.25. The van der Waals surface area contributed by atoms with E-state index in [2.05, 4.69) is 10.2 Å². The van der Waals surface area contributed by atoms with Crippen LogP contribution < -0.4 is 5.32 Å². The van der Waals surface area contributed by atoms with Crippen LogP contribution in [0.1, 0.15) is 39.1 Å². The van der Waals surface area contributed by atoms with Gasteiger partial charge < -0.3 is 10.1 Å². The van der Waals surface area contributed by atoms with E-state index in [0.29, 0.717) is 23.2 Å². The average molecular weight is 366 g/mol. The number of aryl methyl sites for hydroxylation is 1. The molecular weight excluding hydrogens is 340 g/mol. The highest BCUT2D eigenvalue weighted by molar-refractivity contribution is 6.10. The van der Waals surface area contributed by atoms with Crippen molar-refractivity contribution < 1.29 is 14.3 Å². The number of Topliss-reactive ketones (excluding diaryl/α,β-unsaturated/α-hetero) is 1. The van der Waals surface area contributed by atoms with Crippen LogP contribution in [0.2, 0.25) is 0 Å². The maximum Gasteiger partial charge on any atom is 0.255 e. The molecule has 0 atom stereocenters. The molecule has 1 saturated heterocycles. The van der Waals surface area contributed by atoms with Gasteiger partial charge in [-0.25, -0.2) is 0 Å². The van der Waals surface area contributed by atoms with Crippen LogP contribution in [-0.4, -0.2) is 49.4 Å². The van der Waals surface area contributed by atoms with Crippen molar-refractivity contribution in [3.63, 3.8) is 0 Å². The normalized spacial score (nSPS) is 14.7. The van der Waals surface area contributed by atoms with Gasteiger partial charge in [0.05, 0.1) is 18.9 Å². The predicted octanol–water partition coefficient (Wildman–Crippen LogP) is 3.54. The summed E-state index contributed by atoms with van der Waals surface area (Å²) in [5.41, 5.74) is 2.67. The topological polar surface area (TPSA) is 58.6 Å². The Labute approximate surface area is 160 Å². The number of ketones is 1. The summed E-state index contributed by atoms with van der Waals surface area (Å²) in [6, 6.07) is 14.7. The molecule has 0 unspecified atom stereocenters. The molecule has 1 aliphatic heterocycles. The minimum atomic E-state index is -0.193. The van der Waals surface area contributed by atoms with Crippen LogP contribution in [0.25, 0.3) is 0 Å². The Bertz CT molecular complexity index is 798. The lowest BCUT2D eigenvalue weighted by Gasteiger charge is -2.26. The molecule has 5 nitrogen and oxygen atoms in total. The van der Waals surface area contributed by atoms with Gasteiger partial charge in [0.15, 0.2) is 5.78 Å². The molecule has 1 heterocycles. The van der Waals surface area contributed by atoms with E-state index in [9.17, 15) is 9.59 Å². The fourth-order valence-corrected chi connectivity index (χ4v) is 3.28. The molecule has 0 bridgehead atoms. The number of hydrogen-bond donors (Lipinski definition) is 1. The number of ether oxygens (including phenoxy) is 1. The van der Waals surface area contributed by atoms with E-state index in [1.54, 1.807) is 18.2 Å². The first-order chi connectivity index (χ1) is 13.1. The van der Waals surface area contributed by atoms with E-state index in [-0.39, 0.29) is 11.7 Å². The molecule has 2 aromatic rings. The Morgan fingerprint density at radius 1 is 1.00 bits per heavy atom. The average Bonchev–Trinajstić information content (AvgIpc) is 2.69. The zero-order chi connectivity index (χ0) is 19.1. The molecule has 1 N–H and O–H groups in total. The lowest BCUT2D eigenvalue weighted by Crippen LogP contribution is -2.36. The summed E-state index contributed by atoms with van der Waals surface area (Å²) in [5, 5.41) is 2.90. The molecule has 1 amide bonds. The maximum absolute atomic E-state index is 12.7. The molecule has 0 aliphatic carbocycles. The van der Waals surface area contributed by atoms with Crippen molar-refractivity contribution in [2.45, 2.75) is 19.8 Å². The van der Waals surface area contributed by atoms with Crippen molar-refractivity contribution in [3.05, 3.63) is 65.2 Å². The number of carbonyl (C=O) groups excluding carboxylic acids is 2. The van der Waals surface area contributed by atoms with Crippen LogP contribution in [0.3, 0.4) is 0 Å². The Balaban J connectivity index is 1.62. The third-order valence-corrected chi connectivity index (χ3v) is 4.85. The number of nitrogens with one attached hydrogen (secondary N) is 1. The minimum Gasteiger partial charge on any atom is -0.379 e. The summed E-state index contributed by atoms with van der Waals surface area (Å²) in [6.07, 6.45) is 1.27. The molecule has 1 aliphatic rings. The van der Waals surface area contributed by atoms with Gasteiger partial charge in [0.25, 0.3) is 5.91 Å². The van der Waals surface area contributed by atoms with Gasteiger partial charge >= 0.3 is 0 Å². The molecule has 5 heteroatoms. The predicted molar refractivity (Wildman–Crippen MR) is 106 cm³/mol. The molecule has 2 aromatic carbocycles. The smallest absolute Gasteiger partial charge is 0.255 e. The van der Waals surface area contributed by atoms with Gasteiger partial charge in [-0.05, 0) is 43.7 Å². The van der Waals surface area contributed by atoms with Gasteiger partial charge in [-0.1, -0.05) is 30.3 Å². The number of amides is 1. The van der Waals surface area contributed by atoms with Gasteiger partial charge in [0.2, 0.25) is 0 Å². The highest BCUT2D eigenvalue weighted by Gasteiger charge is 2.16. The zero-order valence-electron chi connectivity index (χ0n) is 15.7. The van der Waals surface area contributed by atoms with E-state index < -0.39 is 0 Å². The Kier molecular flexibility index (Phi) is 6.74. The summed E-state index contributed by atoms with van der Waals surface area (Å²) in [7, 11) is 0. The van der Waals surface area contributed by atoms with Gasteiger partial charge in [0.1, 0.15) is 0 Å². The van der Waals surface area contributed by atoms with E-state index in [4.69, 9.17) is 4.74 Å². The second-order valence-electron chi connectivity index (χ2n) is 6.80. The number of morpholine rings is 1. The first-order valence-electron chi connectivity index (χ1n) is 9.44. The summed E-state index contributed by atoms with van der Waals surface area (Å²) >= 11 is 0.